The summed E-state index contributed by atoms with van der Waals surface area (Å²) in [5, 5.41) is 3.34. The number of amides is 1. The second-order valence-electron chi connectivity index (χ2n) is 5.64. The minimum atomic E-state index is -0.570. The summed E-state index contributed by atoms with van der Waals surface area (Å²) < 4.78 is 9.88. The van der Waals surface area contributed by atoms with Crippen molar-refractivity contribution >= 4 is 24.3 Å². The number of carbonyl (C=O) groups is 2. The highest BCUT2D eigenvalue weighted by molar-refractivity contribution is 5.94. The average molecular weight is 344 g/mol. The maximum atomic E-state index is 12.4. The second kappa shape index (κ2) is 7.81. The third-order valence-corrected chi connectivity index (χ3v) is 4.32. The van der Waals surface area contributed by atoms with Gasteiger partial charge in [-0.3, -0.25) is 9.69 Å². The molecule has 1 atom stereocenters. The van der Waals surface area contributed by atoms with Gasteiger partial charge in [0, 0.05) is 45.3 Å². The number of esters is 1. The van der Waals surface area contributed by atoms with Crippen molar-refractivity contribution < 1.29 is 18.7 Å². The molecule has 3 rings (SSSR count). The molecule has 7 nitrogen and oxygen atoms in total. The summed E-state index contributed by atoms with van der Waals surface area (Å²) in [6, 6.07) is 3.43. The molecule has 2 aliphatic rings. The van der Waals surface area contributed by atoms with E-state index in [1.54, 1.807) is 4.90 Å². The van der Waals surface area contributed by atoms with Gasteiger partial charge in [-0.25, -0.2) is 4.79 Å². The smallest absolute Gasteiger partial charge is 0.373 e. The fourth-order valence-corrected chi connectivity index (χ4v) is 3.09. The molecule has 2 saturated heterocycles. The third-order valence-electron chi connectivity index (χ3n) is 4.32. The standard InChI is InChI=1S/C15H21N3O4.ClH/c1-21-15(20)13-3-2-12(22-13)14(19)18-7-4-11(10-18)17-8-5-16-6-9-17;/h2-3,11,16H,4-10H2,1H3;1H. The van der Waals surface area contributed by atoms with E-state index in [0.29, 0.717) is 12.6 Å². The first-order valence-corrected chi connectivity index (χ1v) is 7.61. The number of nitrogens with zero attached hydrogens (tertiary/aromatic N) is 2. The van der Waals surface area contributed by atoms with Crippen LogP contribution in [0.5, 0.6) is 0 Å². The Morgan fingerprint density at radius 1 is 1.22 bits per heavy atom. The predicted molar refractivity (Wildman–Crippen MR) is 86.0 cm³/mol. The number of rotatable bonds is 3. The first kappa shape index (κ1) is 17.8. The van der Waals surface area contributed by atoms with Crippen LogP contribution < -0.4 is 5.32 Å². The number of nitrogens with one attached hydrogen (secondary N) is 1. The number of piperazine rings is 1. The molecule has 8 heteroatoms. The number of methoxy groups -OCH3 is 1. The zero-order valence-electron chi connectivity index (χ0n) is 13.1. The quantitative estimate of drug-likeness (QED) is 0.810. The molecule has 1 aromatic heterocycles. The summed E-state index contributed by atoms with van der Waals surface area (Å²) in [4.78, 5) is 28.1. The van der Waals surface area contributed by atoms with E-state index in [2.05, 4.69) is 15.0 Å². The third kappa shape index (κ3) is 3.85. The Balaban J connectivity index is 0.00000192. The van der Waals surface area contributed by atoms with Gasteiger partial charge in [0.15, 0.2) is 5.76 Å². The van der Waals surface area contributed by atoms with Crippen LogP contribution in [0.25, 0.3) is 0 Å². The number of carbonyl (C=O) groups excluding carboxylic acids is 2. The van der Waals surface area contributed by atoms with Crippen LogP contribution in [0.3, 0.4) is 0 Å². The van der Waals surface area contributed by atoms with E-state index in [1.165, 1.54) is 19.2 Å². The van der Waals surface area contributed by atoms with Gasteiger partial charge in [0.2, 0.25) is 5.76 Å². The summed E-state index contributed by atoms with van der Waals surface area (Å²) in [6.45, 7) is 5.50. The van der Waals surface area contributed by atoms with Gasteiger partial charge in [-0.15, -0.1) is 12.4 Å². The van der Waals surface area contributed by atoms with Crippen LogP contribution in [-0.2, 0) is 4.74 Å². The summed E-state index contributed by atoms with van der Waals surface area (Å²) in [6.07, 6.45) is 0.982. The summed E-state index contributed by atoms with van der Waals surface area (Å²) in [5.41, 5.74) is 0. The van der Waals surface area contributed by atoms with E-state index in [4.69, 9.17) is 4.42 Å². The van der Waals surface area contributed by atoms with Crippen molar-refractivity contribution in [3.63, 3.8) is 0 Å². The van der Waals surface area contributed by atoms with Crippen molar-refractivity contribution in [3.8, 4) is 0 Å². The van der Waals surface area contributed by atoms with Gasteiger partial charge >= 0.3 is 5.97 Å². The van der Waals surface area contributed by atoms with E-state index >= 15 is 0 Å². The molecule has 0 saturated carbocycles. The van der Waals surface area contributed by atoms with Crippen molar-refractivity contribution in [1.82, 2.24) is 15.1 Å². The molecule has 1 N–H and O–H groups in total. The molecule has 2 fully saturated rings. The number of hydrogen-bond donors (Lipinski definition) is 1. The molecule has 23 heavy (non-hydrogen) atoms. The van der Waals surface area contributed by atoms with Gasteiger partial charge in [0.05, 0.1) is 7.11 Å². The molecule has 2 aliphatic heterocycles. The number of furan rings is 1. The lowest BCUT2D eigenvalue weighted by Crippen LogP contribution is -2.49. The van der Waals surface area contributed by atoms with Crippen molar-refractivity contribution in [2.45, 2.75) is 12.5 Å². The Kier molecular flexibility index (Phi) is 6.04. The monoisotopic (exact) mass is 343 g/mol. The van der Waals surface area contributed by atoms with Gasteiger partial charge in [0.1, 0.15) is 0 Å². The Morgan fingerprint density at radius 2 is 1.91 bits per heavy atom. The zero-order chi connectivity index (χ0) is 15.5. The van der Waals surface area contributed by atoms with E-state index < -0.39 is 5.97 Å². The second-order valence-corrected chi connectivity index (χ2v) is 5.64. The Morgan fingerprint density at radius 3 is 2.61 bits per heavy atom. The van der Waals surface area contributed by atoms with Crippen LogP contribution in [0, 0.1) is 0 Å². The molecular formula is C15H22ClN3O4. The molecule has 0 bridgehead atoms. The molecular weight excluding hydrogens is 322 g/mol. The highest BCUT2D eigenvalue weighted by atomic mass is 35.5. The topological polar surface area (TPSA) is 75.0 Å². The molecule has 3 heterocycles. The molecule has 1 aromatic rings. The van der Waals surface area contributed by atoms with Gasteiger partial charge in [-0.1, -0.05) is 0 Å². The molecule has 0 aromatic carbocycles. The Hall–Kier alpha value is -1.57. The minimum absolute atomic E-state index is 0. The molecule has 0 spiro atoms. The molecule has 0 aliphatic carbocycles. The van der Waals surface area contributed by atoms with Crippen molar-refractivity contribution in [3.05, 3.63) is 23.7 Å². The van der Waals surface area contributed by atoms with Crippen LogP contribution in [0.4, 0.5) is 0 Å². The van der Waals surface area contributed by atoms with E-state index in [0.717, 1.165) is 39.1 Å². The van der Waals surface area contributed by atoms with Gasteiger partial charge in [-0.2, -0.15) is 0 Å². The molecule has 1 unspecified atom stereocenters. The predicted octanol–water partition coefficient (Wildman–Crippen LogP) is 0.608. The SMILES string of the molecule is COC(=O)c1ccc(C(=O)N2CCC(N3CCNCC3)C2)o1.Cl. The maximum Gasteiger partial charge on any atom is 0.373 e. The van der Waals surface area contributed by atoms with Crippen LogP contribution in [0.15, 0.2) is 16.5 Å². The van der Waals surface area contributed by atoms with Gasteiger partial charge in [-0.05, 0) is 18.6 Å². The van der Waals surface area contributed by atoms with E-state index in [-0.39, 0.29) is 29.8 Å². The van der Waals surface area contributed by atoms with Crippen LogP contribution in [-0.4, -0.2) is 74.1 Å². The summed E-state index contributed by atoms with van der Waals surface area (Å²) in [7, 11) is 1.28. The van der Waals surface area contributed by atoms with Gasteiger partial charge in [0.25, 0.3) is 5.91 Å². The Labute approximate surface area is 141 Å². The highest BCUT2D eigenvalue weighted by Crippen LogP contribution is 2.20. The van der Waals surface area contributed by atoms with Crippen LogP contribution >= 0.6 is 12.4 Å². The van der Waals surface area contributed by atoms with Crippen molar-refractivity contribution in [2.24, 2.45) is 0 Å². The molecule has 1 amide bonds. The first-order chi connectivity index (χ1) is 10.7. The van der Waals surface area contributed by atoms with Gasteiger partial charge < -0.3 is 19.4 Å². The highest BCUT2D eigenvalue weighted by Gasteiger charge is 2.32. The number of likely N-dealkylation sites (tertiary alicyclic amines) is 1. The zero-order valence-corrected chi connectivity index (χ0v) is 13.9. The average Bonchev–Trinajstić information content (AvgIpc) is 3.24. The molecule has 128 valence electrons. The lowest BCUT2D eigenvalue weighted by Gasteiger charge is -2.32. The summed E-state index contributed by atoms with van der Waals surface area (Å²) >= 11 is 0. The first-order valence-electron chi connectivity index (χ1n) is 7.61. The molecule has 0 radical (unpaired) electrons. The normalized spacial score (nSPS) is 21.8. The van der Waals surface area contributed by atoms with Crippen LogP contribution in [0.1, 0.15) is 27.5 Å². The Bertz CT molecular complexity index is 557. The maximum absolute atomic E-state index is 12.4. The number of halogens is 1. The fraction of sp³-hybridized carbons (Fsp3) is 0.600. The van der Waals surface area contributed by atoms with Crippen molar-refractivity contribution in [1.29, 1.82) is 0 Å². The number of hydrogen-bond acceptors (Lipinski definition) is 6. The van der Waals surface area contributed by atoms with Crippen molar-refractivity contribution in [2.75, 3.05) is 46.4 Å². The fourth-order valence-electron chi connectivity index (χ4n) is 3.09. The summed E-state index contributed by atoms with van der Waals surface area (Å²) in [5.74, 6) is -0.475. The van der Waals surface area contributed by atoms with E-state index in [1.807, 2.05) is 0 Å². The lowest BCUT2D eigenvalue weighted by molar-refractivity contribution is 0.0559. The number of ether oxygens (including phenoxy) is 1. The largest absolute Gasteiger partial charge is 0.463 e. The lowest BCUT2D eigenvalue weighted by atomic mass is 10.2. The van der Waals surface area contributed by atoms with E-state index in [9.17, 15) is 9.59 Å². The van der Waals surface area contributed by atoms with Crippen LogP contribution in [0.2, 0.25) is 0 Å². The minimum Gasteiger partial charge on any atom is -0.463 e.